The minimum Gasteiger partial charge on any atom is -0.370 e. The first-order chi connectivity index (χ1) is 6.66. The molecule has 4 N–H and O–H groups in total. The number of nitrogens with two attached hydrogens (primary N) is 2. The molecule has 0 aliphatic heterocycles. The molecule has 0 radical (unpaired) electrons. The summed E-state index contributed by atoms with van der Waals surface area (Å²) in [5, 5.41) is 0. The fourth-order valence-corrected chi connectivity index (χ4v) is 1.85. The molecule has 82 valence electrons. The minimum atomic E-state index is 0. The second kappa shape index (κ2) is 5.16. The highest BCUT2D eigenvalue weighted by atomic mass is 127. The molecule has 0 saturated heterocycles. The van der Waals surface area contributed by atoms with Crippen molar-refractivity contribution in [1.82, 2.24) is 0 Å². The quantitative estimate of drug-likeness (QED) is 0.468. The van der Waals surface area contributed by atoms with Crippen molar-refractivity contribution in [3.05, 3.63) is 34.3 Å². The van der Waals surface area contributed by atoms with Crippen LogP contribution in [0.2, 0.25) is 0 Å². The Morgan fingerprint density at radius 3 is 2.40 bits per heavy atom. The molecule has 5 heteroatoms. The first-order valence-corrected chi connectivity index (χ1v) is 5.30. The summed E-state index contributed by atoms with van der Waals surface area (Å²) in [6.07, 6.45) is 1.06. The van der Waals surface area contributed by atoms with Crippen molar-refractivity contribution < 1.29 is 0 Å². The zero-order valence-electron chi connectivity index (χ0n) is 8.06. The monoisotopic (exact) mass is 381 g/mol. The number of hydrogen-bond donors (Lipinski definition) is 2. The zero-order valence-corrected chi connectivity index (χ0v) is 12.0. The van der Waals surface area contributed by atoms with Gasteiger partial charge in [-0.3, -0.25) is 0 Å². The third kappa shape index (κ3) is 3.34. The van der Waals surface area contributed by atoms with Gasteiger partial charge < -0.3 is 11.5 Å². The molecule has 0 bridgehead atoms. The van der Waals surface area contributed by atoms with E-state index >= 15 is 0 Å². The summed E-state index contributed by atoms with van der Waals surface area (Å²) >= 11 is 3.40. The Kier molecular flexibility index (Phi) is 4.39. The fourth-order valence-electron chi connectivity index (χ4n) is 1.58. The first kappa shape index (κ1) is 12.8. The molecule has 1 fully saturated rings. The van der Waals surface area contributed by atoms with Crippen molar-refractivity contribution in [2.75, 3.05) is 0 Å². The zero-order chi connectivity index (χ0) is 10.1. The van der Waals surface area contributed by atoms with Gasteiger partial charge >= 0.3 is 0 Å². The number of hydrogen-bond acceptors (Lipinski definition) is 1. The fraction of sp³-hybridized carbons (Fsp3) is 0.300. The number of halogens is 2. The van der Waals surface area contributed by atoms with Gasteiger partial charge in [0.1, 0.15) is 0 Å². The highest BCUT2D eigenvalue weighted by molar-refractivity contribution is 14.0. The highest BCUT2D eigenvalue weighted by Crippen LogP contribution is 2.43. The van der Waals surface area contributed by atoms with Crippen molar-refractivity contribution in [2.45, 2.75) is 18.4 Å². The maximum absolute atomic E-state index is 5.32. The van der Waals surface area contributed by atoms with E-state index in [9.17, 15) is 0 Å². The molecule has 0 spiro atoms. The van der Waals surface area contributed by atoms with Gasteiger partial charge in [-0.2, -0.15) is 0 Å². The smallest absolute Gasteiger partial charge is 0.186 e. The lowest BCUT2D eigenvalue weighted by atomic mass is 10.1. The van der Waals surface area contributed by atoms with E-state index in [1.807, 2.05) is 12.1 Å². The van der Waals surface area contributed by atoms with Gasteiger partial charge in [0.15, 0.2) is 5.96 Å². The van der Waals surface area contributed by atoms with E-state index in [1.54, 1.807) is 0 Å². The third-order valence-corrected chi connectivity index (χ3v) is 2.90. The Morgan fingerprint density at radius 1 is 1.27 bits per heavy atom. The van der Waals surface area contributed by atoms with Gasteiger partial charge in [0, 0.05) is 10.4 Å². The van der Waals surface area contributed by atoms with Crippen LogP contribution in [0.25, 0.3) is 0 Å². The molecule has 2 unspecified atom stereocenters. The lowest BCUT2D eigenvalue weighted by molar-refractivity contribution is 0.982. The molecule has 1 aliphatic carbocycles. The summed E-state index contributed by atoms with van der Waals surface area (Å²) in [4.78, 5) is 4.13. The van der Waals surface area contributed by atoms with Crippen LogP contribution in [0.1, 0.15) is 17.9 Å². The molecular weight excluding hydrogens is 369 g/mol. The van der Waals surface area contributed by atoms with Crippen LogP contribution in [0.15, 0.2) is 33.7 Å². The molecule has 0 aromatic heterocycles. The van der Waals surface area contributed by atoms with E-state index in [2.05, 4.69) is 33.1 Å². The topological polar surface area (TPSA) is 64.4 Å². The van der Waals surface area contributed by atoms with Gasteiger partial charge in [0.2, 0.25) is 0 Å². The molecule has 1 aromatic rings. The van der Waals surface area contributed by atoms with Gasteiger partial charge in [-0.1, -0.05) is 28.1 Å². The average molecular weight is 382 g/mol. The van der Waals surface area contributed by atoms with Crippen molar-refractivity contribution in [3.8, 4) is 0 Å². The standard InChI is InChI=1S/C10H12BrN3.HI/c11-7-3-1-6(2-4-7)8-5-9(8)14-10(12)13;/h1-4,8-9H,5H2,(H4,12,13,14);1H. The summed E-state index contributed by atoms with van der Waals surface area (Å²) in [7, 11) is 0. The molecule has 3 nitrogen and oxygen atoms in total. The van der Waals surface area contributed by atoms with E-state index in [4.69, 9.17) is 11.5 Å². The molecule has 1 aromatic carbocycles. The van der Waals surface area contributed by atoms with E-state index in [-0.39, 0.29) is 29.9 Å². The van der Waals surface area contributed by atoms with Crippen LogP contribution in [0.5, 0.6) is 0 Å². The van der Waals surface area contributed by atoms with Crippen molar-refractivity contribution >= 4 is 45.9 Å². The van der Waals surface area contributed by atoms with Crippen LogP contribution in [-0.4, -0.2) is 12.0 Å². The summed E-state index contributed by atoms with van der Waals surface area (Å²) in [6.45, 7) is 0. The summed E-state index contributed by atoms with van der Waals surface area (Å²) in [6, 6.07) is 8.59. The van der Waals surface area contributed by atoms with E-state index in [1.165, 1.54) is 5.56 Å². The van der Waals surface area contributed by atoms with Crippen LogP contribution in [-0.2, 0) is 0 Å². The minimum absolute atomic E-state index is 0. The summed E-state index contributed by atoms with van der Waals surface area (Å²) < 4.78 is 1.10. The Balaban J connectivity index is 0.00000112. The van der Waals surface area contributed by atoms with Crippen LogP contribution in [0, 0.1) is 0 Å². The lowest BCUT2D eigenvalue weighted by Gasteiger charge is -1.98. The normalized spacial score (nSPS) is 22.7. The molecule has 2 rings (SSSR count). The molecule has 1 aliphatic rings. The summed E-state index contributed by atoms with van der Waals surface area (Å²) in [5.74, 6) is 0.694. The van der Waals surface area contributed by atoms with Gasteiger partial charge in [-0.05, 0) is 24.1 Å². The maximum Gasteiger partial charge on any atom is 0.186 e. The molecule has 2 atom stereocenters. The predicted molar refractivity (Wildman–Crippen MR) is 76.5 cm³/mol. The van der Waals surface area contributed by atoms with Gasteiger partial charge in [-0.15, -0.1) is 24.0 Å². The van der Waals surface area contributed by atoms with Gasteiger partial charge in [0.25, 0.3) is 0 Å². The third-order valence-electron chi connectivity index (χ3n) is 2.37. The molecule has 15 heavy (non-hydrogen) atoms. The molecule has 0 amide bonds. The van der Waals surface area contributed by atoms with Crippen LogP contribution >= 0.6 is 39.9 Å². The van der Waals surface area contributed by atoms with Crippen LogP contribution < -0.4 is 11.5 Å². The van der Waals surface area contributed by atoms with Gasteiger partial charge in [-0.25, -0.2) is 4.99 Å². The number of guanidine groups is 1. The first-order valence-electron chi connectivity index (χ1n) is 4.51. The number of rotatable bonds is 2. The average Bonchev–Trinajstić information content (AvgIpc) is 2.84. The second-order valence-corrected chi connectivity index (χ2v) is 4.43. The maximum atomic E-state index is 5.32. The van der Waals surface area contributed by atoms with Crippen LogP contribution in [0.4, 0.5) is 0 Å². The van der Waals surface area contributed by atoms with E-state index in [0.717, 1.165) is 10.9 Å². The van der Waals surface area contributed by atoms with Crippen LogP contribution in [0.3, 0.4) is 0 Å². The highest BCUT2D eigenvalue weighted by Gasteiger charge is 2.38. The lowest BCUT2D eigenvalue weighted by Crippen LogP contribution is -2.23. The number of benzene rings is 1. The number of nitrogens with zero attached hydrogens (tertiary/aromatic N) is 1. The Morgan fingerprint density at radius 2 is 1.87 bits per heavy atom. The van der Waals surface area contributed by atoms with E-state index in [0.29, 0.717) is 12.0 Å². The Hall–Kier alpha value is -0.300. The van der Waals surface area contributed by atoms with E-state index < -0.39 is 0 Å². The van der Waals surface area contributed by atoms with Gasteiger partial charge in [0.05, 0.1) is 6.04 Å². The van der Waals surface area contributed by atoms with Crippen molar-refractivity contribution in [3.63, 3.8) is 0 Å². The SMILES string of the molecule is I.NC(N)=NC1CC1c1ccc(Br)cc1. The van der Waals surface area contributed by atoms with Crippen molar-refractivity contribution in [2.24, 2.45) is 16.5 Å². The molecular formula is C10H13BrIN3. The molecule has 0 heterocycles. The molecule has 1 saturated carbocycles. The second-order valence-electron chi connectivity index (χ2n) is 3.52. The summed E-state index contributed by atoms with van der Waals surface area (Å²) in [5.41, 5.74) is 11.9. The Bertz CT molecular complexity index is 359. The Labute approximate surface area is 114 Å². The largest absolute Gasteiger partial charge is 0.370 e. The van der Waals surface area contributed by atoms with Crippen molar-refractivity contribution in [1.29, 1.82) is 0 Å². The predicted octanol–water partition coefficient (Wildman–Crippen LogP) is 2.20. The number of aliphatic imine (C=N–C) groups is 1.